The van der Waals surface area contributed by atoms with E-state index in [0.29, 0.717) is 51.3 Å². The first-order valence-electron chi connectivity index (χ1n) is 12.6. The third kappa shape index (κ3) is 2.82. The Hall–Kier alpha value is -1.21. The minimum Gasteiger partial charge on any atom is -0.466 e. The topological polar surface area (TPSA) is 63.2 Å². The second-order valence-electron chi connectivity index (χ2n) is 10.8. The van der Waals surface area contributed by atoms with Gasteiger partial charge in [0.25, 0.3) is 0 Å². The number of esters is 1. The normalized spacial score (nSPS) is 41.1. The molecule has 0 amide bonds. The van der Waals surface area contributed by atoms with Gasteiger partial charge >= 0.3 is 5.97 Å². The molecule has 6 rings (SSSR count). The Balaban J connectivity index is 1.38. The Bertz CT molecular complexity index is 848. The number of ether oxygens (including phenoxy) is 5. The standard InChI is InChI=1S/C26H36O6/c1-3-28-22(27)17-24-10-11-25(29-12-13-30-25)16-18(24)4-5-19-20-7-9-26(31-14-15-32-26)23(20,2)8-6-21(19)24/h4,6,19-20H,3,5,7-17H2,1-2H3/t19-,20-,23-,24+/m0/s1. The van der Waals surface area contributed by atoms with Crippen molar-refractivity contribution in [1.29, 1.82) is 0 Å². The van der Waals surface area contributed by atoms with Crippen molar-refractivity contribution in [2.24, 2.45) is 22.7 Å². The monoisotopic (exact) mass is 444 g/mol. The lowest BCUT2D eigenvalue weighted by Gasteiger charge is -2.56. The van der Waals surface area contributed by atoms with E-state index < -0.39 is 11.6 Å². The van der Waals surface area contributed by atoms with Gasteiger partial charge in [-0.05, 0) is 44.4 Å². The molecule has 2 spiro atoms. The van der Waals surface area contributed by atoms with Crippen molar-refractivity contribution in [3.8, 4) is 0 Å². The van der Waals surface area contributed by atoms with Crippen LogP contribution in [-0.4, -0.2) is 50.6 Å². The second-order valence-corrected chi connectivity index (χ2v) is 10.8. The van der Waals surface area contributed by atoms with Crippen molar-refractivity contribution in [3.63, 3.8) is 0 Å². The lowest BCUT2D eigenvalue weighted by atomic mass is 9.50. The Kier molecular flexibility index (Phi) is 4.93. The zero-order chi connectivity index (χ0) is 22.0. The Morgan fingerprint density at radius 1 is 1.06 bits per heavy atom. The predicted molar refractivity (Wildman–Crippen MR) is 117 cm³/mol. The van der Waals surface area contributed by atoms with Gasteiger partial charge in [0.15, 0.2) is 11.6 Å². The van der Waals surface area contributed by atoms with Crippen molar-refractivity contribution in [3.05, 3.63) is 23.3 Å². The number of rotatable bonds is 3. The second kappa shape index (κ2) is 7.39. The summed E-state index contributed by atoms with van der Waals surface area (Å²) in [5, 5.41) is 0. The summed E-state index contributed by atoms with van der Waals surface area (Å²) in [4.78, 5) is 12.9. The third-order valence-electron chi connectivity index (χ3n) is 9.60. The number of carbonyl (C=O) groups is 1. The number of allylic oxidation sites excluding steroid dienone is 3. The van der Waals surface area contributed by atoms with Crippen LogP contribution in [0.25, 0.3) is 0 Å². The molecule has 0 radical (unpaired) electrons. The Morgan fingerprint density at radius 3 is 2.56 bits per heavy atom. The molecular weight excluding hydrogens is 408 g/mol. The van der Waals surface area contributed by atoms with E-state index >= 15 is 0 Å². The highest BCUT2D eigenvalue weighted by Gasteiger charge is 2.66. The summed E-state index contributed by atoms with van der Waals surface area (Å²) in [5.74, 6) is -0.0855. The average Bonchev–Trinajstić information content (AvgIpc) is 3.50. The van der Waals surface area contributed by atoms with Gasteiger partial charge in [0.1, 0.15) is 0 Å². The van der Waals surface area contributed by atoms with Gasteiger partial charge in [-0.2, -0.15) is 0 Å². The van der Waals surface area contributed by atoms with E-state index in [9.17, 15) is 4.79 Å². The van der Waals surface area contributed by atoms with Crippen LogP contribution in [-0.2, 0) is 28.5 Å². The van der Waals surface area contributed by atoms with Crippen molar-refractivity contribution in [2.75, 3.05) is 33.0 Å². The SMILES string of the molecule is CCOC(=O)C[C@]12CCC3(CC1=CC[C@@H]1C2=CC[C@@]2(C)[C@H]1CCC21OCCO1)OCCO3. The van der Waals surface area contributed by atoms with Gasteiger partial charge in [0.2, 0.25) is 0 Å². The van der Waals surface area contributed by atoms with E-state index in [0.717, 1.165) is 44.9 Å². The van der Waals surface area contributed by atoms with Crippen molar-refractivity contribution in [2.45, 2.75) is 76.8 Å². The first-order valence-corrected chi connectivity index (χ1v) is 12.6. The summed E-state index contributed by atoms with van der Waals surface area (Å²) in [6.07, 6.45) is 11.8. The molecule has 2 heterocycles. The number of hydrogen-bond donors (Lipinski definition) is 0. The van der Waals surface area contributed by atoms with Crippen LogP contribution in [0, 0.1) is 22.7 Å². The van der Waals surface area contributed by atoms with Crippen LogP contribution >= 0.6 is 0 Å². The van der Waals surface area contributed by atoms with Crippen LogP contribution in [0.4, 0.5) is 0 Å². The van der Waals surface area contributed by atoms with E-state index in [1.165, 1.54) is 11.1 Å². The zero-order valence-electron chi connectivity index (χ0n) is 19.5. The van der Waals surface area contributed by atoms with Crippen LogP contribution in [0.5, 0.6) is 0 Å². The molecule has 6 aliphatic rings. The summed E-state index contributed by atoms with van der Waals surface area (Å²) in [6, 6.07) is 0. The molecule has 4 fully saturated rings. The zero-order valence-corrected chi connectivity index (χ0v) is 19.5. The van der Waals surface area contributed by atoms with Gasteiger partial charge in [-0.15, -0.1) is 0 Å². The first-order chi connectivity index (χ1) is 15.5. The molecule has 4 aliphatic carbocycles. The fourth-order valence-electron chi connectivity index (χ4n) is 8.13. The fraction of sp³-hybridized carbons (Fsp3) is 0.808. The van der Waals surface area contributed by atoms with E-state index in [4.69, 9.17) is 23.7 Å². The van der Waals surface area contributed by atoms with Gasteiger partial charge in [-0.3, -0.25) is 4.79 Å². The minimum absolute atomic E-state index is 0.0122. The quantitative estimate of drug-likeness (QED) is 0.478. The minimum atomic E-state index is -0.497. The highest BCUT2D eigenvalue weighted by molar-refractivity contribution is 5.72. The van der Waals surface area contributed by atoms with Gasteiger partial charge in [-0.25, -0.2) is 0 Å². The molecule has 0 aromatic heterocycles. The van der Waals surface area contributed by atoms with Crippen LogP contribution in [0.15, 0.2) is 23.3 Å². The van der Waals surface area contributed by atoms with E-state index in [1.54, 1.807) is 0 Å². The molecule has 176 valence electrons. The molecule has 2 aliphatic heterocycles. The number of fused-ring (bicyclic) bond motifs is 6. The van der Waals surface area contributed by atoms with Crippen molar-refractivity contribution >= 4 is 5.97 Å². The lowest BCUT2D eigenvalue weighted by Crippen LogP contribution is -2.53. The van der Waals surface area contributed by atoms with Crippen LogP contribution in [0.1, 0.15) is 65.2 Å². The maximum atomic E-state index is 12.9. The molecule has 2 saturated heterocycles. The molecule has 0 unspecified atom stereocenters. The Morgan fingerprint density at radius 2 is 1.81 bits per heavy atom. The van der Waals surface area contributed by atoms with Crippen molar-refractivity contribution < 1.29 is 28.5 Å². The van der Waals surface area contributed by atoms with Crippen molar-refractivity contribution in [1.82, 2.24) is 0 Å². The molecule has 6 heteroatoms. The summed E-state index contributed by atoms with van der Waals surface area (Å²) in [6.45, 7) is 7.39. The summed E-state index contributed by atoms with van der Waals surface area (Å²) in [5.41, 5.74) is 2.52. The molecule has 4 atom stereocenters. The fourth-order valence-corrected chi connectivity index (χ4v) is 8.13. The molecule has 2 saturated carbocycles. The van der Waals surface area contributed by atoms with Crippen LogP contribution < -0.4 is 0 Å². The maximum Gasteiger partial charge on any atom is 0.306 e. The third-order valence-corrected chi connectivity index (χ3v) is 9.60. The van der Waals surface area contributed by atoms with E-state index in [2.05, 4.69) is 19.1 Å². The van der Waals surface area contributed by atoms with Gasteiger partial charge in [0.05, 0.1) is 39.5 Å². The maximum absolute atomic E-state index is 12.9. The number of hydrogen-bond acceptors (Lipinski definition) is 6. The average molecular weight is 445 g/mol. The van der Waals surface area contributed by atoms with Gasteiger partial charge < -0.3 is 23.7 Å². The summed E-state index contributed by atoms with van der Waals surface area (Å²) < 4.78 is 30.2. The predicted octanol–water partition coefficient (Wildman–Crippen LogP) is 4.29. The summed E-state index contributed by atoms with van der Waals surface area (Å²) >= 11 is 0. The van der Waals surface area contributed by atoms with Crippen LogP contribution in [0.2, 0.25) is 0 Å². The summed E-state index contributed by atoms with van der Waals surface area (Å²) in [7, 11) is 0. The molecule has 0 aromatic rings. The highest BCUT2D eigenvalue weighted by atomic mass is 16.7. The molecule has 0 N–H and O–H groups in total. The lowest BCUT2D eigenvalue weighted by molar-refractivity contribution is -0.228. The molecule has 6 nitrogen and oxygen atoms in total. The smallest absolute Gasteiger partial charge is 0.306 e. The first kappa shape index (κ1) is 21.3. The number of carbonyl (C=O) groups excluding carboxylic acids is 1. The Labute approximate surface area is 190 Å². The largest absolute Gasteiger partial charge is 0.466 e. The molecule has 32 heavy (non-hydrogen) atoms. The van der Waals surface area contributed by atoms with Gasteiger partial charge in [-0.1, -0.05) is 30.2 Å². The molecule has 0 bridgehead atoms. The van der Waals surface area contributed by atoms with E-state index in [1.807, 2.05) is 6.92 Å². The van der Waals surface area contributed by atoms with Crippen LogP contribution in [0.3, 0.4) is 0 Å². The van der Waals surface area contributed by atoms with E-state index in [-0.39, 0.29) is 16.8 Å². The highest BCUT2D eigenvalue weighted by Crippen LogP contribution is 2.68. The van der Waals surface area contributed by atoms with Gasteiger partial charge in [0, 0.05) is 30.1 Å². The molecular formula is C26H36O6. The molecule has 0 aromatic carbocycles.